The zero-order valence-electron chi connectivity index (χ0n) is 17.0. The molecule has 0 aliphatic heterocycles. The van der Waals surface area contributed by atoms with E-state index in [1.54, 1.807) is 4.90 Å². The normalized spacial score (nSPS) is 32.7. The highest BCUT2D eigenvalue weighted by Gasteiger charge is 2.58. The summed E-state index contributed by atoms with van der Waals surface area (Å²) in [6.45, 7) is 16.9. The number of carbonyl (C=O) groups is 1. The van der Waals surface area contributed by atoms with Crippen molar-refractivity contribution < 1.29 is 9.53 Å². The highest BCUT2D eigenvalue weighted by atomic mass is 16.6. The van der Waals surface area contributed by atoms with Gasteiger partial charge in [-0.2, -0.15) is 0 Å². The Hall–Kier alpha value is -0.770. The molecule has 0 spiro atoms. The first-order valence-electron chi connectivity index (χ1n) is 9.53. The molecule has 0 radical (unpaired) electrons. The molecule has 2 aliphatic carbocycles. The van der Waals surface area contributed by atoms with E-state index in [1.807, 2.05) is 27.8 Å². The molecule has 2 bridgehead atoms. The largest absolute Gasteiger partial charge is 0.444 e. The van der Waals surface area contributed by atoms with Crippen molar-refractivity contribution in [1.82, 2.24) is 10.2 Å². The molecule has 2 saturated carbocycles. The third-order valence-electron chi connectivity index (χ3n) is 6.23. The molecule has 0 aromatic carbocycles. The van der Waals surface area contributed by atoms with Crippen molar-refractivity contribution >= 4 is 6.09 Å². The van der Waals surface area contributed by atoms with Crippen molar-refractivity contribution in [2.24, 2.45) is 22.7 Å². The third kappa shape index (κ3) is 4.07. The topological polar surface area (TPSA) is 41.6 Å². The molecule has 2 unspecified atom stereocenters. The van der Waals surface area contributed by atoms with Crippen molar-refractivity contribution in [3.63, 3.8) is 0 Å². The van der Waals surface area contributed by atoms with E-state index in [1.165, 1.54) is 19.3 Å². The number of carbonyl (C=O) groups excluding carboxylic acids is 1. The quantitative estimate of drug-likeness (QED) is 0.813. The van der Waals surface area contributed by atoms with Gasteiger partial charge in [-0.3, -0.25) is 0 Å². The van der Waals surface area contributed by atoms with Crippen LogP contribution in [0.5, 0.6) is 0 Å². The van der Waals surface area contributed by atoms with E-state index in [0.717, 1.165) is 19.0 Å². The lowest BCUT2D eigenvalue weighted by Crippen LogP contribution is -2.52. The van der Waals surface area contributed by atoms with Crippen LogP contribution in [0.3, 0.4) is 0 Å². The van der Waals surface area contributed by atoms with E-state index in [4.69, 9.17) is 4.74 Å². The minimum absolute atomic E-state index is 0.235. The molecule has 2 fully saturated rings. The fraction of sp³-hybridized carbons (Fsp3) is 0.950. The van der Waals surface area contributed by atoms with Gasteiger partial charge in [-0.05, 0) is 69.2 Å². The number of nitrogens with one attached hydrogen (secondary N) is 1. The summed E-state index contributed by atoms with van der Waals surface area (Å²) in [5.74, 6) is 1.26. The van der Waals surface area contributed by atoms with Gasteiger partial charge >= 0.3 is 6.09 Å². The van der Waals surface area contributed by atoms with Crippen LogP contribution in [0.2, 0.25) is 0 Å². The van der Waals surface area contributed by atoms with Crippen LogP contribution < -0.4 is 5.32 Å². The van der Waals surface area contributed by atoms with Gasteiger partial charge in [-0.15, -0.1) is 0 Å². The zero-order chi connectivity index (χ0) is 18.3. The molecule has 140 valence electrons. The summed E-state index contributed by atoms with van der Waals surface area (Å²) in [5.41, 5.74) is 0.392. The van der Waals surface area contributed by atoms with Crippen LogP contribution in [0.25, 0.3) is 0 Å². The van der Waals surface area contributed by atoms with Crippen LogP contribution in [0.4, 0.5) is 4.79 Å². The first-order valence-corrected chi connectivity index (χ1v) is 9.53. The number of fused-ring (bicyclic) bond motifs is 2. The second-order valence-electron chi connectivity index (χ2n) is 10.2. The molecule has 0 saturated heterocycles. The van der Waals surface area contributed by atoms with Crippen LogP contribution in [-0.2, 0) is 4.74 Å². The van der Waals surface area contributed by atoms with E-state index < -0.39 is 5.60 Å². The first kappa shape index (κ1) is 19.6. The maximum Gasteiger partial charge on any atom is 0.410 e. The van der Waals surface area contributed by atoms with E-state index in [-0.39, 0.29) is 6.09 Å². The SMILES string of the molecule is CC(CNC1C(C)(C)[C@H]2CC[C@]1(C)C2)CN(C)C(=O)OC(C)(C)C. The van der Waals surface area contributed by atoms with E-state index in [0.29, 0.717) is 22.8 Å². The third-order valence-corrected chi connectivity index (χ3v) is 6.23. The van der Waals surface area contributed by atoms with Gasteiger partial charge in [0.1, 0.15) is 5.60 Å². The molecule has 0 aromatic rings. The lowest BCUT2D eigenvalue weighted by atomic mass is 9.68. The zero-order valence-corrected chi connectivity index (χ0v) is 17.0. The Balaban J connectivity index is 1.83. The molecular weight excluding hydrogens is 300 g/mol. The van der Waals surface area contributed by atoms with Gasteiger partial charge in [-0.25, -0.2) is 4.79 Å². The van der Waals surface area contributed by atoms with Gasteiger partial charge in [0.05, 0.1) is 0 Å². The summed E-state index contributed by atoms with van der Waals surface area (Å²) in [6, 6.07) is 0.582. The summed E-state index contributed by atoms with van der Waals surface area (Å²) in [4.78, 5) is 13.8. The predicted molar refractivity (Wildman–Crippen MR) is 99.0 cm³/mol. The molecule has 2 aliphatic rings. The van der Waals surface area contributed by atoms with Crippen LogP contribution in [-0.4, -0.2) is 42.8 Å². The van der Waals surface area contributed by atoms with Gasteiger partial charge in [0, 0.05) is 19.6 Å². The summed E-state index contributed by atoms with van der Waals surface area (Å²) >= 11 is 0. The van der Waals surface area contributed by atoms with Crippen molar-refractivity contribution in [1.29, 1.82) is 0 Å². The number of hydrogen-bond donors (Lipinski definition) is 1. The Kier molecular flexibility index (Phi) is 5.30. The van der Waals surface area contributed by atoms with Crippen LogP contribution >= 0.6 is 0 Å². The maximum atomic E-state index is 12.1. The Morgan fingerprint density at radius 2 is 1.96 bits per heavy atom. The minimum atomic E-state index is -0.436. The molecule has 24 heavy (non-hydrogen) atoms. The van der Waals surface area contributed by atoms with Crippen molar-refractivity contribution in [3.8, 4) is 0 Å². The lowest BCUT2D eigenvalue weighted by molar-refractivity contribution is 0.0271. The fourth-order valence-corrected chi connectivity index (χ4v) is 5.08. The molecule has 1 amide bonds. The standard InChI is InChI=1S/C20H38N2O2/c1-14(13-22(8)17(23)24-18(2,3)4)12-21-16-19(5,6)15-9-10-20(16,7)11-15/h14-16,21H,9-13H2,1-8H3/t14?,15-,16?,20+/m0/s1. The van der Waals surface area contributed by atoms with Crippen LogP contribution in [0.15, 0.2) is 0 Å². The average Bonchev–Trinajstić information content (AvgIpc) is 2.87. The smallest absolute Gasteiger partial charge is 0.410 e. The van der Waals surface area contributed by atoms with Crippen LogP contribution in [0, 0.1) is 22.7 Å². The second kappa shape index (κ2) is 6.51. The number of ether oxygens (including phenoxy) is 1. The highest BCUT2D eigenvalue weighted by Crippen LogP contribution is 2.62. The van der Waals surface area contributed by atoms with E-state index in [9.17, 15) is 4.79 Å². The summed E-state index contributed by atoms with van der Waals surface area (Å²) < 4.78 is 5.43. The molecule has 4 heteroatoms. The monoisotopic (exact) mass is 338 g/mol. The van der Waals surface area contributed by atoms with Gasteiger partial charge < -0.3 is 15.0 Å². The molecular formula is C20H38N2O2. The molecule has 2 rings (SSSR count). The van der Waals surface area contributed by atoms with Crippen molar-refractivity contribution in [3.05, 3.63) is 0 Å². The number of rotatable bonds is 5. The Labute approximate surface area is 148 Å². The van der Waals surface area contributed by atoms with E-state index >= 15 is 0 Å². The lowest BCUT2D eigenvalue weighted by Gasteiger charge is -2.44. The Bertz CT molecular complexity index is 464. The van der Waals surface area contributed by atoms with Gasteiger partial charge in [0.2, 0.25) is 0 Å². The second-order valence-corrected chi connectivity index (χ2v) is 10.2. The van der Waals surface area contributed by atoms with Gasteiger partial charge in [0.15, 0.2) is 0 Å². The summed E-state index contributed by atoms with van der Waals surface area (Å²) in [5, 5.41) is 3.86. The minimum Gasteiger partial charge on any atom is -0.444 e. The Morgan fingerprint density at radius 3 is 2.46 bits per heavy atom. The molecule has 4 atom stereocenters. The number of nitrogens with zero attached hydrogens (tertiary/aromatic N) is 1. The van der Waals surface area contributed by atoms with Gasteiger partial charge in [-0.1, -0.05) is 27.7 Å². The average molecular weight is 339 g/mol. The first-order chi connectivity index (χ1) is 10.8. The fourth-order valence-electron chi connectivity index (χ4n) is 5.08. The van der Waals surface area contributed by atoms with E-state index in [2.05, 4.69) is 33.0 Å². The predicted octanol–water partition coefficient (Wildman–Crippen LogP) is 4.29. The molecule has 4 nitrogen and oxygen atoms in total. The van der Waals surface area contributed by atoms with Crippen molar-refractivity contribution in [2.45, 2.75) is 79.4 Å². The highest BCUT2D eigenvalue weighted by molar-refractivity contribution is 5.67. The number of amides is 1. The van der Waals surface area contributed by atoms with Crippen LogP contribution in [0.1, 0.15) is 67.7 Å². The molecule has 0 heterocycles. The Morgan fingerprint density at radius 1 is 1.33 bits per heavy atom. The summed E-state index contributed by atoms with van der Waals surface area (Å²) in [6.07, 6.45) is 3.87. The van der Waals surface area contributed by atoms with Gasteiger partial charge in [0.25, 0.3) is 0 Å². The maximum absolute atomic E-state index is 12.1. The van der Waals surface area contributed by atoms with Crippen molar-refractivity contribution in [2.75, 3.05) is 20.1 Å². The number of hydrogen-bond acceptors (Lipinski definition) is 3. The molecule has 0 aromatic heterocycles. The summed E-state index contributed by atoms with van der Waals surface area (Å²) in [7, 11) is 1.83. The molecule has 1 N–H and O–H groups in total.